The van der Waals surface area contributed by atoms with Crippen molar-refractivity contribution in [1.82, 2.24) is 15.1 Å². The Morgan fingerprint density at radius 2 is 1.39 bits per heavy atom. The Hall–Kier alpha value is -2.66. The van der Waals surface area contributed by atoms with E-state index in [0.29, 0.717) is 6.54 Å². The van der Waals surface area contributed by atoms with Crippen molar-refractivity contribution in [1.29, 1.82) is 0 Å². The van der Waals surface area contributed by atoms with Gasteiger partial charge in [0.15, 0.2) is 0 Å². The van der Waals surface area contributed by atoms with Gasteiger partial charge in [-0.3, -0.25) is 14.5 Å². The minimum atomic E-state index is -0.168. The highest BCUT2D eigenvalue weighted by Crippen LogP contribution is 2.27. The lowest BCUT2D eigenvalue weighted by Crippen LogP contribution is -2.45. The molecule has 1 N–H and O–H groups in total. The molecule has 150 valence electrons. The predicted molar refractivity (Wildman–Crippen MR) is 113 cm³/mol. The molecule has 0 fully saturated rings. The van der Waals surface area contributed by atoms with Gasteiger partial charge in [-0.25, -0.2) is 0 Å². The Morgan fingerprint density at radius 1 is 0.893 bits per heavy atom. The number of carbonyl (C=O) groups is 2. The minimum absolute atomic E-state index is 0.0168. The van der Waals surface area contributed by atoms with E-state index in [1.54, 1.807) is 4.90 Å². The first-order valence-electron chi connectivity index (χ1n) is 9.79. The Morgan fingerprint density at radius 3 is 1.82 bits per heavy atom. The van der Waals surface area contributed by atoms with Gasteiger partial charge < -0.3 is 10.2 Å². The molecule has 0 bridgehead atoms. The van der Waals surface area contributed by atoms with Crippen molar-refractivity contribution in [2.45, 2.75) is 32.9 Å². The van der Waals surface area contributed by atoms with Crippen LogP contribution in [0.5, 0.6) is 0 Å². The maximum atomic E-state index is 13.1. The second kappa shape index (κ2) is 10.6. The second-order valence-corrected chi connectivity index (χ2v) is 7.25. The van der Waals surface area contributed by atoms with Gasteiger partial charge in [0.2, 0.25) is 11.8 Å². The van der Waals surface area contributed by atoms with Gasteiger partial charge in [0.1, 0.15) is 0 Å². The van der Waals surface area contributed by atoms with Crippen molar-refractivity contribution < 1.29 is 9.59 Å². The zero-order valence-electron chi connectivity index (χ0n) is 17.3. The molecule has 2 aromatic carbocycles. The molecular formula is C23H31N3O2. The van der Waals surface area contributed by atoms with Crippen molar-refractivity contribution in [3.63, 3.8) is 0 Å². The Kier molecular flexibility index (Phi) is 8.20. The van der Waals surface area contributed by atoms with Crippen LogP contribution < -0.4 is 5.32 Å². The number of nitrogens with zero attached hydrogens (tertiary/aromatic N) is 2. The molecule has 0 saturated carbocycles. The molecule has 0 spiro atoms. The molecule has 0 aliphatic carbocycles. The first kappa shape index (κ1) is 21.6. The molecule has 2 rings (SSSR count). The maximum absolute atomic E-state index is 13.1. The Bertz CT molecular complexity index is 707. The quantitative estimate of drug-likeness (QED) is 0.726. The summed E-state index contributed by atoms with van der Waals surface area (Å²) in [5.74, 6) is -0.0770. The summed E-state index contributed by atoms with van der Waals surface area (Å²) in [5.41, 5.74) is 2.12. The van der Waals surface area contributed by atoms with Crippen LogP contribution in [0.3, 0.4) is 0 Å². The van der Waals surface area contributed by atoms with Crippen LogP contribution in [0.4, 0.5) is 0 Å². The normalized spacial score (nSPS) is 11.1. The van der Waals surface area contributed by atoms with E-state index in [1.165, 1.54) is 0 Å². The van der Waals surface area contributed by atoms with Crippen LogP contribution in [0.1, 0.15) is 37.9 Å². The Labute approximate surface area is 168 Å². The lowest BCUT2D eigenvalue weighted by atomic mass is 9.97. The number of benzene rings is 2. The number of likely N-dealkylation sites (N-methyl/N-ethyl adjacent to an activating group) is 2. The van der Waals surface area contributed by atoms with Gasteiger partial charge >= 0.3 is 0 Å². The standard InChI is InChI=1S/C23H31N3O2/c1-5-26(16-21(27)24-18(2)3)17-22(28)25(4)23(19-12-8-6-9-13-19)20-14-10-7-11-15-20/h6-15,18,23H,5,16-17H2,1-4H3,(H,24,27). The highest BCUT2D eigenvalue weighted by atomic mass is 16.2. The van der Waals surface area contributed by atoms with Gasteiger partial charge in [-0.05, 0) is 31.5 Å². The average molecular weight is 382 g/mol. The van der Waals surface area contributed by atoms with Crippen molar-refractivity contribution in [3.8, 4) is 0 Å². The second-order valence-electron chi connectivity index (χ2n) is 7.25. The zero-order chi connectivity index (χ0) is 20.5. The SMILES string of the molecule is CCN(CC(=O)NC(C)C)CC(=O)N(C)C(c1ccccc1)c1ccccc1. The number of rotatable bonds is 9. The van der Waals surface area contributed by atoms with E-state index in [1.807, 2.05) is 93.4 Å². The van der Waals surface area contributed by atoms with Crippen molar-refractivity contribution >= 4 is 11.8 Å². The number of nitrogens with one attached hydrogen (secondary N) is 1. The molecule has 0 unspecified atom stereocenters. The van der Waals surface area contributed by atoms with E-state index in [9.17, 15) is 9.59 Å². The summed E-state index contributed by atoms with van der Waals surface area (Å²) in [4.78, 5) is 28.8. The van der Waals surface area contributed by atoms with Crippen LogP contribution in [0.2, 0.25) is 0 Å². The monoisotopic (exact) mass is 381 g/mol. The van der Waals surface area contributed by atoms with Gasteiger partial charge in [0.05, 0.1) is 19.1 Å². The van der Waals surface area contributed by atoms with Gasteiger partial charge in [0, 0.05) is 13.1 Å². The van der Waals surface area contributed by atoms with Gasteiger partial charge in [-0.2, -0.15) is 0 Å². The summed E-state index contributed by atoms with van der Waals surface area (Å²) in [5, 5.41) is 2.88. The summed E-state index contributed by atoms with van der Waals surface area (Å²) in [6.07, 6.45) is 0. The van der Waals surface area contributed by atoms with E-state index in [4.69, 9.17) is 0 Å². The fourth-order valence-corrected chi connectivity index (χ4v) is 3.21. The van der Waals surface area contributed by atoms with Crippen molar-refractivity contribution in [2.24, 2.45) is 0 Å². The van der Waals surface area contributed by atoms with E-state index in [2.05, 4.69) is 5.32 Å². The van der Waals surface area contributed by atoms with E-state index < -0.39 is 0 Å². The largest absolute Gasteiger partial charge is 0.353 e. The highest BCUT2D eigenvalue weighted by molar-refractivity contribution is 5.81. The molecule has 28 heavy (non-hydrogen) atoms. The molecule has 0 aliphatic rings. The third-order valence-electron chi connectivity index (χ3n) is 4.63. The smallest absolute Gasteiger partial charge is 0.237 e. The molecule has 0 radical (unpaired) electrons. The molecule has 0 saturated heterocycles. The highest BCUT2D eigenvalue weighted by Gasteiger charge is 2.25. The summed E-state index contributed by atoms with van der Waals surface area (Å²) < 4.78 is 0. The van der Waals surface area contributed by atoms with Crippen molar-refractivity contribution in [3.05, 3.63) is 71.8 Å². The van der Waals surface area contributed by atoms with Crippen molar-refractivity contribution in [2.75, 3.05) is 26.7 Å². The minimum Gasteiger partial charge on any atom is -0.353 e. The van der Waals surface area contributed by atoms with Gasteiger partial charge in [-0.15, -0.1) is 0 Å². The van der Waals surface area contributed by atoms with Crippen LogP contribution in [0.25, 0.3) is 0 Å². The van der Waals surface area contributed by atoms with E-state index in [0.717, 1.165) is 11.1 Å². The summed E-state index contributed by atoms with van der Waals surface area (Å²) in [6, 6.07) is 19.9. The van der Waals surface area contributed by atoms with E-state index >= 15 is 0 Å². The molecule has 0 heterocycles. The number of hydrogen-bond donors (Lipinski definition) is 1. The topological polar surface area (TPSA) is 52.7 Å². The molecule has 0 atom stereocenters. The third-order valence-corrected chi connectivity index (χ3v) is 4.63. The van der Waals surface area contributed by atoms with E-state index in [-0.39, 0.29) is 37.0 Å². The molecule has 0 aliphatic heterocycles. The third kappa shape index (κ3) is 6.20. The van der Waals surface area contributed by atoms with Gasteiger partial charge in [0.25, 0.3) is 0 Å². The fourth-order valence-electron chi connectivity index (χ4n) is 3.21. The lowest BCUT2D eigenvalue weighted by Gasteiger charge is -2.31. The lowest BCUT2D eigenvalue weighted by molar-refractivity contribution is -0.133. The summed E-state index contributed by atoms with van der Waals surface area (Å²) in [6.45, 7) is 6.87. The molecule has 0 aromatic heterocycles. The maximum Gasteiger partial charge on any atom is 0.237 e. The molecule has 5 heteroatoms. The first-order chi connectivity index (χ1) is 13.4. The zero-order valence-corrected chi connectivity index (χ0v) is 17.3. The Balaban J connectivity index is 2.16. The predicted octanol–water partition coefficient (Wildman–Crippen LogP) is 3.08. The average Bonchev–Trinajstić information content (AvgIpc) is 2.68. The number of hydrogen-bond acceptors (Lipinski definition) is 3. The first-order valence-corrected chi connectivity index (χ1v) is 9.79. The van der Waals surface area contributed by atoms with Gasteiger partial charge in [-0.1, -0.05) is 67.6 Å². The molecule has 5 nitrogen and oxygen atoms in total. The van der Waals surface area contributed by atoms with Crippen LogP contribution in [0, 0.1) is 0 Å². The van der Waals surface area contributed by atoms with Crippen LogP contribution >= 0.6 is 0 Å². The molecule has 2 amide bonds. The van der Waals surface area contributed by atoms with Crippen LogP contribution in [-0.2, 0) is 9.59 Å². The van der Waals surface area contributed by atoms with Crippen LogP contribution in [0.15, 0.2) is 60.7 Å². The molecular weight excluding hydrogens is 350 g/mol. The summed E-state index contributed by atoms with van der Waals surface area (Å²) in [7, 11) is 1.83. The fraction of sp³-hybridized carbons (Fsp3) is 0.391. The number of carbonyl (C=O) groups excluding carboxylic acids is 2. The summed E-state index contributed by atoms with van der Waals surface area (Å²) >= 11 is 0. The number of amides is 2. The van der Waals surface area contributed by atoms with Crippen LogP contribution in [-0.4, -0.2) is 54.3 Å². The molecule has 2 aromatic rings.